The Bertz CT molecular complexity index is 1180. The number of carbonyl (C=O) groups is 1. The number of ether oxygens (including phenoxy) is 6. The number of fused-ring (bicyclic) bond motifs is 1. The van der Waals surface area contributed by atoms with Gasteiger partial charge in [0.2, 0.25) is 11.7 Å². The van der Waals surface area contributed by atoms with Gasteiger partial charge in [-0.15, -0.1) is 0 Å². The van der Waals surface area contributed by atoms with Crippen molar-refractivity contribution < 1.29 is 33.2 Å². The molecule has 2 heterocycles. The summed E-state index contributed by atoms with van der Waals surface area (Å²) in [5.41, 5.74) is 2.29. The first-order valence-corrected chi connectivity index (χ1v) is 12.3. The highest BCUT2D eigenvalue weighted by Gasteiger charge is 2.27. The second-order valence-corrected chi connectivity index (χ2v) is 8.90. The van der Waals surface area contributed by atoms with Crippen LogP contribution in [0.5, 0.6) is 34.5 Å². The summed E-state index contributed by atoms with van der Waals surface area (Å²) in [6.45, 7) is 2.76. The van der Waals surface area contributed by atoms with E-state index in [1.165, 1.54) is 0 Å². The molecule has 0 N–H and O–H groups in total. The highest BCUT2D eigenvalue weighted by molar-refractivity contribution is 7.80. The van der Waals surface area contributed by atoms with Crippen LogP contribution >= 0.6 is 12.2 Å². The Labute approximate surface area is 222 Å². The number of methoxy groups -OCH3 is 5. The van der Waals surface area contributed by atoms with E-state index < -0.39 is 0 Å². The molecule has 2 aliphatic heterocycles. The fourth-order valence-electron chi connectivity index (χ4n) is 4.52. The van der Waals surface area contributed by atoms with Crippen LogP contribution in [-0.4, -0.2) is 89.0 Å². The molecule has 0 aliphatic carbocycles. The Morgan fingerprint density at radius 1 is 0.784 bits per heavy atom. The summed E-state index contributed by atoms with van der Waals surface area (Å²) in [6, 6.07) is 7.32. The molecule has 2 aromatic rings. The molecule has 2 aliphatic rings. The first-order valence-electron chi connectivity index (χ1n) is 11.9. The van der Waals surface area contributed by atoms with Crippen LogP contribution in [-0.2, 0) is 4.79 Å². The van der Waals surface area contributed by atoms with Crippen molar-refractivity contribution in [2.75, 3.05) is 68.3 Å². The van der Waals surface area contributed by atoms with Crippen LogP contribution in [0.25, 0.3) is 6.08 Å². The van der Waals surface area contributed by atoms with Gasteiger partial charge < -0.3 is 38.2 Å². The highest BCUT2D eigenvalue weighted by atomic mass is 32.1. The van der Waals surface area contributed by atoms with Crippen molar-refractivity contribution >= 4 is 29.2 Å². The van der Waals surface area contributed by atoms with Crippen molar-refractivity contribution in [3.8, 4) is 34.5 Å². The van der Waals surface area contributed by atoms with Crippen molar-refractivity contribution in [1.82, 2.24) is 9.80 Å². The van der Waals surface area contributed by atoms with E-state index in [2.05, 4.69) is 4.90 Å². The van der Waals surface area contributed by atoms with Crippen LogP contribution in [0.2, 0.25) is 0 Å². The maximum atomic E-state index is 13.4. The molecule has 9 nitrogen and oxygen atoms in total. The summed E-state index contributed by atoms with van der Waals surface area (Å²) in [7, 11) is 7.88. The standard InChI is InChI=1S/C27H32N2O7S/c1-31-21-13-18-12-17(6-11-36-20(18)16-22(21)32-2)26(30)28-7-9-29(10-8-28)27(37)19-14-23(33-3)25(35-5)24(15-19)34-4/h12-16H,6-11H2,1-5H3. The fraction of sp³-hybridized carbons (Fsp3) is 0.407. The molecule has 0 saturated carbocycles. The first kappa shape index (κ1) is 26.4. The smallest absolute Gasteiger partial charge is 0.250 e. The molecule has 0 bridgehead atoms. The monoisotopic (exact) mass is 528 g/mol. The van der Waals surface area contributed by atoms with E-state index in [-0.39, 0.29) is 5.91 Å². The number of hydrogen-bond acceptors (Lipinski definition) is 8. The van der Waals surface area contributed by atoms with Gasteiger partial charge in [0.1, 0.15) is 10.7 Å². The second-order valence-electron chi connectivity index (χ2n) is 8.51. The molecule has 4 rings (SSSR count). The van der Waals surface area contributed by atoms with E-state index >= 15 is 0 Å². The van der Waals surface area contributed by atoms with Crippen LogP contribution in [0.1, 0.15) is 17.5 Å². The minimum Gasteiger partial charge on any atom is -0.493 e. The molecule has 0 spiro atoms. The van der Waals surface area contributed by atoms with Crippen LogP contribution in [0, 0.1) is 0 Å². The third-order valence-corrected chi connectivity index (χ3v) is 7.01. The summed E-state index contributed by atoms with van der Waals surface area (Å²) in [5.74, 6) is 3.46. The molecule has 1 fully saturated rings. The Balaban J connectivity index is 1.47. The van der Waals surface area contributed by atoms with Gasteiger partial charge in [-0.1, -0.05) is 12.2 Å². The zero-order valence-electron chi connectivity index (χ0n) is 21.8. The second kappa shape index (κ2) is 11.6. The molecule has 10 heteroatoms. The molecule has 0 atom stereocenters. The number of piperazine rings is 1. The maximum absolute atomic E-state index is 13.4. The van der Waals surface area contributed by atoms with Crippen molar-refractivity contribution in [1.29, 1.82) is 0 Å². The van der Waals surface area contributed by atoms with Crippen molar-refractivity contribution in [3.63, 3.8) is 0 Å². The summed E-state index contributed by atoms with van der Waals surface area (Å²) in [4.78, 5) is 18.1. The molecule has 1 saturated heterocycles. The lowest BCUT2D eigenvalue weighted by molar-refractivity contribution is -0.128. The van der Waals surface area contributed by atoms with E-state index in [9.17, 15) is 4.79 Å². The Kier molecular flexibility index (Phi) is 8.27. The molecular weight excluding hydrogens is 496 g/mol. The van der Waals surface area contributed by atoms with Gasteiger partial charge >= 0.3 is 0 Å². The number of hydrogen-bond donors (Lipinski definition) is 0. The van der Waals surface area contributed by atoms with Crippen molar-refractivity contribution in [3.05, 3.63) is 41.0 Å². The molecule has 0 unspecified atom stereocenters. The lowest BCUT2D eigenvalue weighted by Gasteiger charge is -2.36. The topological polar surface area (TPSA) is 78.9 Å². The van der Waals surface area contributed by atoms with Gasteiger partial charge in [-0.05, 0) is 24.3 Å². The van der Waals surface area contributed by atoms with E-state index in [1.54, 1.807) is 41.6 Å². The summed E-state index contributed by atoms with van der Waals surface area (Å²) < 4.78 is 33.0. The van der Waals surface area contributed by atoms with Crippen molar-refractivity contribution in [2.45, 2.75) is 6.42 Å². The fourth-order valence-corrected chi connectivity index (χ4v) is 4.82. The van der Waals surface area contributed by atoms with E-state index in [4.69, 9.17) is 40.6 Å². The number of benzene rings is 2. The van der Waals surface area contributed by atoms with Crippen LogP contribution in [0.15, 0.2) is 29.8 Å². The number of carbonyl (C=O) groups excluding carboxylic acids is 1. The minimum absolute atomic E-state index is 0.00425. The van der Waals surface area contributed by atoms with E-state index in [1.807, 2.05) is 29.2 Å². The SMILES string of the molecule is COc1cc2c(cc1OC)OCCC(C(=O)N1CCN(C(=S)c3cc(OC)c(OC)c(OC)c3)CC1)=C2. The third kappa shape index (κ3) is 5.39. The molecule has 1 amide bonds. The number of thiocarbonyl (C=S) groups is 1. The minimum atomic E-state index is 0.00425. The number of rotatable bonds is 7. The van der Waals surface area contributed by atoms with Gasteiger partial charge in [0.05, 0.1) is 42.2 Å². The van der Waals surface area contributed by atoms with Gasteiger partial charge in [0, 0.05) is 55.4 Å². The lowest BCUT2D eigenvalue weighted by Crippen LogP contribution is -2.50. The molecule has 37 heavy (non-hydrogen) atoms. The number of nitrogens with zero attached hydrogens (tertiary/aromatic N) is 2. The average Bonchev–Trinajstić information content (AvgIpc) is 3.16. The van der Waals surface area contributed by atoms with Crippen LogP contribution in [0.3, 0.4) is 0 Å². The normalized spacial score (nSPS) is 15.0. The predicted octanol–water partition coefficient (Wildman–Crippen LogP) is 3.42. The highest BCUT2D eigenvalue weighted by Crippen LogP contribution is 2.39. The van der Waals surface area contributed by atoms with Crippen LogP contribution < -0.4 is 28.4 Å². The Morgan fingerprint density at radius 3 is 1.92 bits per heavy atom. The third-order valence-electron chi connectivity index (χ3n) is 6.52. The summed E-state index contributed by atoms with van der Waals surface area (Å²) in [5, 5.41) is 0. The quantitative estimate of drug-likeness (QED) is 0.503. The van der Waals surface area contributed by atoms with Gasteiger partial charge in [0.25, 0.3) is 0 Å². The zero-order chi connectivity index (χ0) is 26.5. The van der Waals surface area contributed by atoms with Crippen LogP contribution in [0.4, 0.5) is 0 Å². The number of amides is 1. The average molecular weight is 529 g/mol. The molecule has 0 radical (unpaired) electrons. The van der Waals surface area contributed by atoms with E-state index in [0.29, 0.717) is 84.3 Å². The Hall–Kier alpha value is -3.66. The van der Waals surface area contributed by atoms with Gasteiger partial charge in [-0.25, -0.2) is 0 Å². The van der Waals surface area contributed by atoms with Gasteiger partial charge in [-0.2, -0.15) is 0 Å². The molecule has 198 valence electrons. The largest absolute Gasteiger partial charge is 0.493 e. The predicted molar refractivity (Wildman–Crippen MR) is 144 cm³/mol. The lowest BCUT2D eigenvalue weighted by atomic mass is 10.1. The molecular formula is C27H32N2O7S. The van der Waals surface area contributed by atoms with E-state index in [0.717, 1.165) is 11.1 Å². The first-order chi connectivity index (χ1) is 17.9. The Morgan fingerprint density at radius 2 is 1.35 bits per heavy atom. The molecule has 2 aromatic carbocycles. The van der Waals surface area contributed by atoms with Crippen molar-refractivity contribution in [2.24, 2.45) is 0 Å². The zero-order valence-corrected chi connectivity index (χ0v) is 22.6. The van der Waals surface area contributed by atoms with Gasteiger partial charge in [0.15, 0.2) is 23.0 Å². The molecule has 0 aromatic heterocycles. The summed E-state index contributed by atoms with van der Waals surface area (Å²) >= 11 is 5.79. The maximum Gasteiger partial charge on any atom is 0.250 e. The summed E-state index contributed by atoms with van der Waals surface area (Å²) in [6.07, 6.45) is 2.40. The van der Waals surface area contributed by atoms with Gasteiger partial charge in [-0.3, -0.25) is 4.79 Å².